The van der Waals surface area contributed by atoms with E-state index in [1.54, 1.807) is 18.4 Å². The molecule has 0 spiro atoms. The molecule has 0 aliphatic rings. The van der Waals surface area contributed by atoms with Gasteiger partial charge in [-0.25, -0.2) is 0 Å². The van der Waals surface area contributed by atoms with E-state index >= 15 is 0 Å². The van der Waals surface area contributed by atoms with Crippen molar-refractivity contribution in [3.8, 4) is 0 Å². The van der Waals surface area contributed by atoms with Crippen molar-refractivity contribution in [2.24, 2.45) is 4.99 Å². The van der Waals surface area contributed by atoms with Crippen LogP contribution >= 0.6 is 0 Å². The lowest BCUT2D eigenvalue weighted by atomic mass is 10.3. The third-order valence-corrected chi connectivity index (χ3v) is 2.29. The molecule has 2 rings (SSSR count). The number of hydrogen-bond donors (Lipinski definition) is 4. The van der Waals surface area contributed by atoms with Crippen molar-refractivity contribution < 1.29 is 9.62 Å². The van der Waals surface area contributed by atoms with Crippen LogP contribution in [0, 0.1) is 0 Å². The number of nitrogens with two attached hydrogens (primary N) is 3. The minimum atomic E-state index is 0.138. The van der Waals surface area contributed by atoms with Crippen LogP contribution < -0.4 is 22.7 Å². The summed E-state index contributed by atoms with van der Waals surface area (Å²) in [4.78, 5) is 4.11. The van der Waals surface area contributed by atoms with Crippen molar-refractivity contribution in [1.82, 2.24) is 4.73 Å². The summed E-state index contributed by atoms with van der Waals surface area (Å²) < 4.78 is 5.85. The van der Waals surface area contributed by atoms with Crippen LogP contribution in [0.4, 0.5) is 17.1 Å². The molecule has 7 nitrogen and oxygen atoms in total. The molecule has 0 radical (unpaired) electrons. The minimum Gasteiger partial charge on any atom is -0.467 e. The highest BCUT2D eigenvalue weighted by Crippen LogP contribution is 2.17. The van der Waals surface area contributed by atoms with Gasteiger partial charge in [-0.2, -0.15) is 4.73 Å². The number of nitrogen functional groups attached to an aromatic ring is 3. The molecule has 2 heterocycles. The van der Waals surface area contributed by atoms with Gasteiger partial charge < -0.3 is 26.8 Å². The molecule has 90 valence electrons. The van der Waals surface area contributed by atoms with Gasteiger partial charge in [0.05, 0.1) is 30.4 Å². The number of pyridine rings is 1. The average molecular weight is 235 g/mol. The van der Waals surface area contributed by atoms with Crippen LogP contribution in [0.2, 0.25) is 0 Å². The smallest absolute Gasteiger partial charge is 0.189 e. The van der Waals surface area contributed by atoms with Gasteiger partial charge in [-0.1, -0.05) is 0 Å². The maximum atomic E-state index is 9.60. The molecule has 0 saturated carbocycles. The second-order valence-electron chi connectivity index (χ2n) is 3.48. The van der Waals surface area contributed by atoms with Crippen LogP contribution in [0.15, 0.2) is 34.0 Å². The van der Waals surface area contributed by atoms with Crippen molar-refractivity contribution in [2.45, 2.75) is 6.54 Å². The van der Waals surface area contributed by atoms with Crippen LogP contribution in [0.25, 0.3) is 0 Å². The Morgan fingerprint density at radius 1 is 1.29 bits per heavy atom. The molecule has 0 aliphatic heterocycles. The molecule has 7 N–H and O–H groups in total. The van der Waals surface area contributed by atoms with Crippen molar-refractivity contribution >= 4 is 17.1 Å². The number of aromatic nitrogens is 1. The zero-order valence-corrected chi connectivity index (χ0v) is 9.00. The summed E-state index contributed by atoms with van der Waals surface area (Å²) >= 11 is 0. The van der Waals surface area contributed by atoms with Crippen LogP contribution in [-0.4, -0.2) is 9.94 Å². The Bertz CT molecular complexity index is 585. The summed E-state index contributed by atoms with van der Waals surface area (Å²) in [5, 5.41) is 9.60. The fraction of sp³-hybridized carbons (Fsp3) is 0.100. The highest BCUT2D eigenvalue weighted by atomic mass is 16.5. The predicted molar refractivity (Wildman–Crippen MR) is 62.8 cm³/mol. The average Bonchev–Trinajstić information content (AvgIpc) is 2.79. The van der Waals surface area contributed by atoms with Crippen LogP contribution in [0.3, 0.4) is 0 Å². The first-order valence-corrected chi connectivity index (χ1v) is 4.88. The quantitative estimate of drug-likeness (QED) is 0.551. The number of anilines is 3. The molecule has 2 aromatic heterocycles. The Morgan fingerprint density at radius 3 is 2.71 bits per heavy atom. The molecule has 0 amide bonds. The summed E-state index contributed by atoms with van der Waals surface area (Å²) in [6.45, 7) is 0.251. The second-order valence-corrected chi connectivity index (χ2v) is 3.48. The summed E-state index contributed by atoms with van der Waals surface area (Å²) in [6, 6.07) is 3.51. The topological polar surface area (TPSA) is 129 Å². The van der Waals surface area contributed by atoms with Crippen molar-refractivity contribution in [3.05, 3.63) is 35.8 Å². The zero-order chi connectivity index (χ0) is 12.4. The Labute approximate surface area is 96.7 Å². The standard InChI is InChI=1S/C10H13N5O2/c11-7-5-15(16)10(9(13)8(7)12)14-4-6-2-1-3-17-6/h1-3,5,16H,4,11-13H2. The molecule has 0 unspecified atom stereocenters. The first kappa shape index (κ1) is 10.9. The minimum absolute atomic E-state index is 0.138. The number of hydrogen-bond acceptors (Lipinski definition) is 6. The number of nitrogens with zero attached hydrogens (tertiary/aromatic N) is 2. The van der Waals surface area contributed by atoms with Gasteiger partial charge in [-0.05, 0) is 12.1 Å². The van der Waals surface area contributed by atoms with Crippen molar-refractivity contribution in [3.63, 3.8) is 0 Å². The molecule has 7 heteroatoms. The maximum Gasteiger partial charge on any atom is 0.189 e. The lowest BCUT2D eigenvalue weighted by Gasteiger charge is -2.07. The molecule has 2 aromatic rings. The molecule has 17 heavy (non-hydrogen) atoms. The fourth-order valence-electron chi connectivity index (χ4n) is 1.37. The molecule has 0 aromatic carbocycles. The largest absolute Gasteiger partial charge is 0.467 e. The lowest BCUT2D eigenvalue weighted by Crippen LogP contribution is -2.25. The van der Waals surface area contributed by atoms with Gasteiger partial charge in [-0.3, -0.25) is 4.99 Å². The first-order chi connectivity index (χ1) is 8.09. The van der Waals surface area contributed by atoms with Gasteiger partial charge in [-0.15, -0.1) is 0 Å². The van der Waals surface area contributed by atoms with Gasteiger partial charge >= 0.3 is 0 Å². The number of rotatable bonds is 2. The molecule has 0 saturated heterocycles. The SMILES string of the molecule is Nc1cn(O)c(=NCc2ccco2)c(N)c1N. The summed E-state index contributed by atoms with van der Waals surface area (Å²) in [6.07, 6.45) is 2.78. The molecule has 0 atom stereocenters. The van der Waals surface area contributed by atoms with Gasteiger partial charge in [0.1, 0.15) is 11.4 Å². The van der Waals surface area contributed by atoms with E-state index < -0.39 is 0 Å². The summed E-state index contributed by atoms with van der Waals surface area (Å²) in [7, 11) is 0. The zero-order valence-electron chi connectivity index (χ0n) is 9.00. The van der Waals surface area contributed by atoms with Gasteiger partial charge in [0.2, 0.25) is 0 Å². The van der Waals surface area contributed by atoms with E-state index in [-0.39, 0.29) is 29.1 Å². The van der Waals surface area contributed by atoms with E-state index in [0.29, 0.717) is 5.76 Å². The third-order valence-electron chi connectivity index (χ3n) is 2.29. The molecule has 0 aliphatic carbocycles. The van der Waals surface area contributed by atoms with E-state index in [1.165, 1.54) is 6.20 Å². The summed E-state index contributed by atoms with van der Waals surface area (Å²) in [5.74, 6) is 0.653. The molecule has 0 bridgehead atoms. The van der Waals surface area contributed by atoms with E-state index in [2.05, 4.69) is 4.99 Å². The third kappa shape index (κ3) is 2.03. The lowest BCUT2D eigenvalue weighted by molar-refractivity contribution is 0.173. The van der Waals surface area contributed by atoms with Crippen LogP contribution in [0.5, 0.6) is 0 Å². The van der Waals surface area contributed by atoms with E-state index in [1.807, 2.05) is 0 Å². The molecule has 0 fully saturated rings. The number of furan rings is 1. The van der Waals surface area contributed by atoms with Crippen LogP contribution in [0.1, 0.15) is 5.76 Å². The Morgan fingerprint density at radius 2 is 2.06 bits per heavy atom. The van der Waals surface area contributed by atoms with Crippen LogP contribution in [-0.2, 0) is 6.54 Å². The monoisotopic (exact) mass is 235 g/mol. The Hall–Kier alpha value is -2.57. The highest BCUT2D eigenvalue weighted by molar-refractivity contribution is 5.75. The van der Waals surface area contributed by atoms with Crippen molar-refractivity contribution in [2.75, 3.05) is 17.2 Å². The van der Waals surface area contributed by atoms with E-state index in [0.717, 1.165) is 4.73 Å². The van der Waals surface area contributed by atoms with Gasteiger partial charge in [0.25, 0.3) is 0 Å². The maximum absolute atomic E-state index is 9.60. The van der Waals surface area contributed by atoms with Gasteiger partial charge in [0, 0.05) is 0 Å². The Kier molecular flexibility index (Phi) is 2.65. The van der Waals surface area contributed by atoms with Crippen molar-refractivity contribution in [1.29, 1.82) is 0 Å². The Balaban J connectivity index is 2.45. The second kappa shape index (κ2) is 4.12. The predicted octanol–water partition coefficient (Wildman–Crippen LogP) is 0.166. The molecular weight excluding hydrogens is 222 g/mol. The summed E-state index contributed by atoms with van der Waals surface area (Å²) in [5.41, 5.74) is 17.6. The van der Waals surface area contributed by atoms with E-state index in [4.69, 9.17) is 21.6 Å². The normalized spacial score (nSPS) is 11.9. The first-order valence-electron chi connectivity index (χ1n) is 4.88. The fourth-order valence-corrected chi connectivity index (χ4v) is 1.37. The van der Waals surface area contributed by atoms with E-state index in [9.17, 15) is 5.21 Å². The highest BCUT2D eigenvalue weighted by Gasteiger charge is 2.06. The molecular formula is C10H13N5O2. The van der Waals surface area contributed by atoms with Gasteiger partial charge in [0.15, 0.2) is 5.49 Å².